The second kappa shape index (κ2) is 6.61. The van der Waals surface area contributed by atoms with Crippen LogP contribution < -0.4 is 16.2 Å². The number of rotatable bonds is 5. The maximum atomic E-state index is 10.9. The molecule has 110 valence electrons. The van der Waals surface area contributed by atoms with Crippen LogP contribution in [0.1, 0.15) is 24.8 Å². The van der Waals surface area contributed by atoms with Crippen molar-refractivity contribution in [3.05, 3.63) is 23.8 Å². The summed E-state index contributed by atoms with van der Waals surface area (Å²) in [6.45, 7) is 2.89. The summed E-state index contributed by atoms with van der Waals surface area (Å²) < 4.78 is 5.16. The molecule has 1 fully saturated rings. The Bertz CT molecular complexity index is 468. The molecule has 2 rings (SSSR count). The zero-order chi connectivity index (χ0) is 14.5. The second-order valence-corrected chi connectivity index (χ2v) is 5.47. The molecule has 1 aliphatic rings. The average Bonchev–Trinajstić information content (AvgIpc) is 2.41. The van der Waals surface area contributed by atoms with Crippen LogP contribution in [0.3, 0.4) is 0 Å². The lowest BCUT2D eigenvalue weighted by molar-refractivity contribution is -0.119. The third-order valence-corrected chi connectivity index (χ3v) is 3.90. The van der Waals surface area contributed by atoms with Gasteiger partial charge in [-0.05, 0) is 49.5 Å². The van der Waals surface area contributed by atoms with Crippen molar-refractivity contribution in [2.45, 2.75) is 25.8 Å². The van der Waals surface area contributed by atoms with Crippen molar-refractivity contribution in [1.82, 2.24) is 4.90 Å². The summed E-state index contributed by atoms with van der Waals surface area (Å²) in [6, 6.07) is 5.92. The highest BCUT2D eigenvalue weighted by Gasteiger charge is 2.20. The highest BCUT2D eigenvalue weighted by Crippen LogP contribution is 2.25. The summed E-state index contributed by atoms with van der Waals surface area (Å²) in [7, 11) is 1.62. The van der Waals surface area contributed by atoms with E-state index < -0.39 is 0 Å². The van der Waals surface area contributed by atoms with Gasteiger partial charge in [0.2, 0.25) is 5.91 Å². The predicted octanol–water partition coefficient (Wildman–Crippen LogP) is 1.36. The normalized spacial score (nSPS) is 17.1. The average molecular weight is 277 g/mol. The molecule has 1 amide bonds. The van der Waals surface area contributed by atoms with E-state index in [0.717, 1.165) is 32.5 Å². The van der Waals surface area contributed by atoms with Gasteiger partial charge in [-0.2, -0.15) is 0 Å². The number of hydrogen-bond donors (Lipinski definition) is 2. The lowest BCUT2D eigenvalue weighted by Gasteiger charge is -2.31. The van der Waals surface area contributed by atoms with E-state index in [2.05, 4.69) is 4.90 Å². The Morgan fingerprint density at radius 3 is 2.65 bits per heavy atom. The molecular weight excluding hydrogens is 254 g/mol. The Morgan fingerprint density at radius 2 is 2.10 bits per heavy atom. The van der Waals surface area contributed by atoms with Crippen LogP contribution in [0.5, 0.6) is 5.75 Å². The van der Waals surface area contributed by atoms with E-state index >= 15 is 0 Å². The van der Waals surface area contributed by atoms with Crippen LogP contribution in [0.2, 0.25) is 0 Å². The van der Waals surface area contributed by atoms with Crippen molar-refractivity contribution in [3.8, 4) is 5.75 Å². The number of primary amides is 1. The van der Waals surface area contributed by atoms with Crippen molar-refractivity contribution < 1.29 is 9.53 Å². The van der Waals surface area contributed by atoms with Gasteiger partial charge in [-0.3, -0.25) is 9.69 Å². The molecule has 4 N–H and O–H groups in total. The first-order valence-electron chi connectivity index (χ1n) is 7.01. The van der Waals surface area contributed by atoms with E-state index in [4.69, 9.17) is 16.2 Å². The number of ether oxygens (including phenoxy) is 1. The molecule has 1 aromatic carbocycles. The monoisotopic (exact) mass is 277 g/mol. The molecule has 0 aromatic heterocycles. The first-order chi connectivity index (χ1) is 9.58. The Hall–Kier alpha value is -1.75. The van der Waals surface area contributed by atoms with Crippen molar-refractivity contribution in [2.75, 3.05) is 25.9 Å². The first kappa shape index (κ1) is 14.7. The number of nitrogens with two attached hydrogens (primary N) is 2. The molecule has 0 bridgehead atoms. The second-order valence-electron chi connectivity index (χ2n) is 5.47. The molecule has 0 aliphatic carbocycles. The van der Waals surface area contributed by atoms with Gasteiger partial charge in [-0.15, -0.1) is 0 Å². The van der Waals surface area contributed by atoms with Gasteiger partial charge in [0.1, 0.15) is 5.75 Å². The van der Waals surface area contributed by atoms with E-state index in [0.29, 0.717) is 23.8 Å². The van der Waals surface area contributed by atoms with Crippen LogP contribution in [0, 0.1) is 5.92 Å². The summed E-state index contributed by atoms with van der Waals surface area (Å²) in [5.74, 6) is 0.977. The zero-order valence-electron chi connectivity index (χ0n) is 12.0. The SMILES string of the molecule is COc1ccc(CN2CCC(CC(N)=O)CC2)cc1N. The molecule has 0 spiro atoms. The van der Waals surface area contributed by atoms with Gasteiger partial charge in [0.25, 0.3) is 0 Å². The fourth-order valence-corrected chi connectivity index (χ4v) is 2.77. The standard InChI is InChI=1S/C15H23N3O2/c1-20-14-3-2-12(8-13(14)16)10-18-6-4-11(5-7-18)9-15(17)19/h2-3,8,11H,4-7,9-10,16H2,1H3,(H2,17,19). The number of methoxy groups -OCH3 is 1. The van der Waals surface area contributed by atoms with E-state index in [1.54, 1.807) is 7.11 Å². The highest BCUT2D eigenvalue weighted by molar-refractivity contribution is 5.74. The van der Waals surface area contributed by atoms with E-state index in [1.807, 2.05) is 18.2 Å². The molecule has 20 heavy (non-hydrogen) atoms. The van der Waals surface area contributed by atoms with Crippen molar-refractivity contribution in [2.24, 2.45) is 11.7 Å². The van der Waals surface area contributed by atoms with Crippen LogP contribution in [-0.2, 0) is 11.3 Å². The number of anilines is 1. The van der Waals surface area contributed by atoms with E-state index in [1.165, 1.54) is 5.56 Å². The number of amides is 1. The topological polar surface area (TPSA) is 81.6 Å². The van der Waals surface area contributed by atoms with Crippen LogP contribution in [-0.4, -0.2) is 31.0 Å². The molecule has 0 saturated carbocycles. The molecule has 5 nitrogen and oxygen atoms in total. The Balaban J connectivity index is 1.86. The molecule has 1 heterocycles. The third-order valence-electron chi connectivity index (χ3n) is 3.90. The molecule has 1 saturated heterocycles. The minimum atomic E-state index is -0.189. The Labute approximate surface area is 119 Å². The smallest absolute Gasteiger partial charge is 0.217 e. The fourth-order valence-electron chi connectivity index (χ4n) is 2.77. The van der Waals surface area contributed by atoms with Crippen LogP contribution in [0.4, 0.5) is 5.69 Å². The summed E-state index contributed by atoms with van der Waals surface area (Å²) in [6.07, 6.45) is 2.59. The molecule has 0 radical (unpaired) electrons. The van der Waals surface area contributed by atoms with Gasteiger partial charge in [0.15, 0.2) is 0 Å². The number of carbonyl (C=O) groups is 1. The van der Waals surface area contributed by atoms with Gasteiger partial charge < -0.3 is 16.2 Å². The molecule has 1 aromatic rings. The summed E-state index contributed by atoms with van der Waals surface area (Å²) >= 11 is 0. The van der Waals surface area contributed by atoms with Gasteiger partial charge in [-0.25, -0.2) is 0 Å². The van der Waals surface area contributed by atoms with Crippen molar-refractivity contribution in [3.63, 3.8) is 0 Å². The number of benzene rings is 1. The number of piperidine rings is 1. The molecule has 0 atom stereocenters. The lowest BCUT2D eigenvalue weighted by Crippen LogP contribution is -2.34. The number of nitrogen functional groups attached to an aromatic ring is 1. The minimum absolute atomic E-state index is 0.189. The zero-order valence-corrected chi connectivity index (χ0v) is 12.0. The Kier molecular flexibility index (Phi) is 4.84. The van der Waals surface area contributed by atoms with Crippen molar-refractivity contribution in [1.29, 1.82) is 0 Å². The molecule has 5 heteroatoms. The minimum Gasteiger partial charge on any atom is -0.495 e. The van der Waals surface area contributed by atoms with Gasteiger partial charge in [0.05, 0.1) is 12.8 Å². The summed E-state index contributed by atoms with van der Waals surface area (Å²) in [4.78, 5) is 13.3. The van der Waals surface area contributed by atoms with E-state index in [-0.39, 0.29) is 5.91 Å². The predicted molar refractivity (Wildman–Crippen MR) is 79.2 cm³/mol. The first-order valence-corrected chi connectivity index (χ1v) is 7.01. The summed E-state index contributed by atoms with van der Waals surface area (Å²) in [5, 5.41) is 0. The van der Waals surface area contributed by atoms with Crippen LogP contribution in [0.15, 0.2) is 18.2 Å². The summed E-state index contributed by atoms with van der Waals surface area (Å²) in [5.41, 5.74) is 13.0. The third kappa shape index (κ3) is 3.87. The van der Waals surface area contributed by atoms with Crippen molar-refractivity contribution >= 4 is 11.6 Å². The highest BCUT2D eigenvalue weighted by atomic mass is 16.5. The molecule has 1 aliphatic heterocycles. The Morgan fingerprint density at radius 1 is 1.40 bits per heavy atom. The number of hydrogen-bond acceptors (Lipinski definition) is 4. The number of nitrogens with zero attached hydrogens (tertiary/aromatic N) is 1. The van der Waals surface area contributed by atoms with Gasteiger partial charge in [-0.1, -0.05) is 6.07 Å². The van der Waals surface area contributed by atoms with Gasteiger partial charge >= 0.3 is 0 Å². The molecule has 0 unspecified atom stereocenters. The maximum Gasteiger partial charge on any atom is 0.217 e. The number of likely N-dealkylation sites (tertiary alicyclic amines) is 1. The van der Waals surface area contributed by atoms with Gasteiger partial charge in [0, 0.05) is 13.0 Å². The molecular formula is C15H23N3O2. The quantitative estimate of drug-likeness (QED) is 0.796. The fraction of sp³-hybridized carbons (Fsp3) is 0.533. The van der Waals surface area contributed by atoms with Crippen LogP contribution in [0.25, 0.3) is 0 Å². The number of carbonyl (C=O) groups excluding carboxylic acids is 1. The van der Waals surface area contributed by atoms with Crippen LogP contribution >= 0.6 is 0 Å². The largest absolute Gasteiger partial charge is 0.495 e. The lowest BCUT2D eigenvalue weighted by atomic mass is 9.93. The van der Waals surface area contributed by atoms with E-state index in [9.17, 15) is 4.79 Å². The maximum absolute atomic E-state index is 10.9.